The highest BCUT2D eigenvalue weighted by atomic mass is 79.9. The van der Waals surface area contributed by atoms with Gasteiger partial charge < -0.3 is 5.11 Å². The third-order valence-corrected chi connectivity index (χ3v) is 4.29. The van der Waals surface area contributed by atoms with Gasteiger partial charge in [-0.15, -0.1) is 0 Å². The number of carbonyl (C=O) groups is 1. The molecule has 3 nitrogen and oxygen atoms in total. The standard InChI is InChI=1S/C15H20BrNO2/c1-10(2)17(8-7-15(18)19)14-6-3-11-9-12(16)4-5-13(11)14/h4-5,9-10,14H,3,6-8H2,1-2H3,(H,18,19). The number of carboxylic acid groups (broad SMARTS) is 1. The fourth-order valence-corrected chi connectivity index (χ4v) is 3.32. The SMILES string of the molecule is CC(C)N(CCC(=O)O)C1CCc2cc(Br)ccc21. The summed E-state index contributed by atoms with van der Waals surface area (Å²) in [6, 6.07) is 7.16. The Labute approximate surface area is 122 Å². The Morgan fingerprint density at radius 2 is 2.26 bits per heavy atom. The molecule has 0 saturated carbocycles. The smallest absolute Gasteiger partial charge is 0.304 e. The second-order valence-electron chi connectivity index (χ2n) is 5.37. The molecule has 4 heteroatoms. The molecule has 0 saturated heterocycles. The Kier molecular flexibility index (Phi) is 4.63. The largest absolute Gasteiger partial charge is 0.481 e. The summed E-state index contributed by atoms with van der Waals surface area (Å²) in [4.78, 5) is 13.1. The van der Waals surface area contributed by atoms with Gasteiger partial charge in [0.2, 0.25) is 0 Å². The first-order valence-corrected chi connectivity index (χ1v) is 7.54. The first kappa shape index (κ1) is 14.5. The number of carboxylic acids is 1. The zero-order valence-electron chi connectivity index (χ0n) is 11.4. The number of nitrogens with zero attached hydrogens (tertiary/aromatic N) is 1. The van der Waals surface area contributed by atoms with Gasteiger partial charge in [0.15, 0.2) is 0 Å². The van der Waals surface area contributed by atoms with Gasteiger partial charge in [0.1, 0.15) is 0 Å². The zero-order valence-corrected chi connectivity index (χ0v) is 13.0. The number of hydrogen-bond acceptors (Lipinski definition) is 2. The maximum Gasteiger partial charge on any atom is 0.304 e. The number of hydrogen-bond donors (Lipinski definition) is 1. The summed E-state index contributed by atoms with van der Waals surface area (Å²) >= 11 is 3.51. The number of fused-ring (bicyclic) bond motifs is 1. The first-order valence-electron chi connectivity index (χ1n) is 6.75. The van der Waals surface area contributed by atoms with E-state index in [1.165, 1.54) is 11.1 Å². The molecule has 1 unspecified atom stereocenters. The highest BCUT2D eigenvalue weighted by Gasteiger charge is 2.29. The molecule has 1 aliphatic rings. The molecule has 1 aromatic carbocycles. The molecule has 0 aromatic heterocycles. The van der Waals surface area contributed by atoms with E-state index in [9.17, 15) is 4.79 Å². The molecular weight excluding hydrogens is 306 g/mol. The van der Waals surface area contributed by atoms with E-state index in [1.54, 1.807) is 0 Å². The lowest BCUT2D eigenvalue weighted by atomic mass is 10.1. The van der Waals surface area contributed by atoms with Crippen molar-refractivity contribution in [3.8, 4) is 0 Å². The van der Waals surface area contributed by atoms with E-state index >= 15 is 0 Å². The molecule has 19 heavy (non-hydrogen) atoms. The summed E-state index contributed by atoms with van der Waals surface area (Å²) in [7, 11) is 0. The summed E-state index contributed by atoms with van der Waals surface area (Å²) in [5.74, 6) is -0.723. The molecule has 0 radical (unpaired) electrons. The van der Waals surface area contributed by atoms with Crippen LogP contribution in [0.4, 0.5) is 0 Å². The van der Waals surface area contributed by atoms with Gasteiger partial charge in [0.05, 0.1) is 6.42 Å². The number of halogens is 1. The molecule has 1 atom stereocenters. The molecule has 1 aliphatic carbocycles. The van der Waals surface area contributed by atoms with Crippen molar-refractivity contribution in [3.63, 3.8) is 0 Å². The van der Waals surface area contributed by atoms with Gasteiger partial charge in [0.25, 0.3) is 0 Å². The molecule has 0 amide bonds. The van der Waals surface area contributed by atoms with Gasteiger partial charge >= 0.3 is 5.97 Å². The van der Waals surface area contributed by atoms with Gasteiger partial charge in [0, 0.05) is 23.1 Å². The summed E-state index contributed by atoms with van der Waals surface area (Å²) in [5.41, 5.74) is 2.75. The Morgan fingerprint density at radius 1 is 1.53 bits per heavy atom. The quantitative estimate of drug-likeness (QED) is 0.898. The number of aryl methyl sites for hydroxylation is 1. The van der Waals surface area contributed by atoms with Crippen molar-refractivity contribution in [2.24, 2.45) is 0 Å². The van der Waals surface area contributed by atoms with Gasteiger partial charge in [-0.2, -0.15) is 0 Å². The minimum Gasteiger partial charge on any atom is -0.481 e. The fraction of sp³-hybridized carbons (Fsp3) is 0.533. The van der Waals surface area contributed by atoms with Gasteiger partial charge in [-0.3, -0.25) is 9.69 Å². The number of rotatable bonds is 5. The van der Waals surface area contributed by atoms with Crippen LogP contribution >= 0.6 is 15.9 Å². The van der Waals surface area contributed by atoms with Gasteiger partial charge in [-0.05, 0) is 49.9 Å². The van der Waals surface area contributed by atoms with Crippen molar-refractivity contribution < 1.29 is 9.90 Å². The predicted molar refractivity (Wildman–Crippen MR) is 79.3 cm³/mol. The molecule has 2 rings (SSSR count). The molecule has 1 aromatic rings. The van der Waals surface area contributed by atoms with Crippen LogP contribution in [0.2, 0.25) is 0 Å². The summed E-state index contributed by atoms with van der Waals surface area (Å²) in [6.45, 7) is 4.89. The Hall–Kier alpha value is -0.870. The van der Waals surface area contributed by atoms with E-state index in [-0.39, 0.29) is 6.42 Å². The van der Waals surface area contributed by atoms with Crippen LogP contribution in [0.3, 0.4) is 0 Å². The Balaban J connectivity index is 2.19. The molecule has 0 heterocycles. The predicted octanol–water partition coefficient (Wildman–Crippen LogP) is 3.62. The summed E-state index contributed by atoms with van der Waals surface area (Å²) < 4.78 is 1.12. The second kappa shape index (κ2) is 6.06. The molecule has 0 spiro atoms. The number of aliphatic carboxylic acids is 1. The van der Waals surface area contributed by atoms with Crippen LogP contribution in [0.25, 0.3) is 0 Å². The average Bonchev–Trinajstić information content (AvgIpc) is 2.71. The topological polar surface area (TPSA) is 40.5 Å². The van der Waals surface area contributed by atoms with Gasteiger partial charge in [-0.25, -0.2) is 0 Å². The average molecular weight is 326 g/mol. The highest BCUT2D eigenvalue weighted by Crippen LogP contribution is 2.38. The minimum absolute atomic E-state index is 0.209. The van der Waals surface area contributed by atoms with Crippen molar-refractivity contribution in [2.45, 2.75) is 45.2 Å². The van der Waals surface area contributed by atoms with E-state index < -0.39 is 5.97 Å². The van der Waals surface area contributed by atoms with E-state index in [0.29, 0.717) is 18.6 Å². The van der Waals surface area contributed by atoms with Crippen molar-refractivity contribution in [3.05, 3.63) is 33.8 Å². The van der Waals surface area contributed by atoms with Crippen LogP contribution in [-0.4, -0.2) is 28.6 Å². The van der Waals surface area contributed by atoms with Crippen LogP contribution < -0.4 is 0 Å². The molecular formula is C15H20BrNO2. The second-order valence-corrected chi connectivity index (χ2v) is 6.29. The first-order chi connectivity index (χ1) is 8.99. The van der Waals surface area contributed by atoms with Crippen molar-refractivity contribution in [1.29, 1.82) is 0 Å². The molecule has 0 aliphatic heterocycles. The van der Waals surface area contributed by atoms with Crippen molar-refractivity contribution >= 4 is 21.9 Å². The number of benzene rings is 1. The van der Waals surface area contributed by atoms with Crippen LogP contribution in [0, 0.1) is 0 Å². The molecule has 1 N–H and O–H groups in total. The van der Waals surface area contributed by atoms with Crippen molar-refractivity contribution in [1.82, 2.24) is 4.90 Å². The highest BCUT2D eigenvalue weighted by molar-refractivity contribution is 9.10. The normalized spacial score (nSPS) is 18.1. The maximum absolute atomic E-state index is 10.8. The van der Waals surface area contributed by atoms with E-state index in [4.69, 9.17) is 5.11 Å². The van der Waals surface area contributed by atoms with Gasteiger partial charge in [-0.1, -0.05) is 22.0 Å². The van der Waals surface area contributed by atoms with Crippen LogP contribution in [0.5, 0.6) is 0 Å². The summed E-state index contributed by atoms with van der Waals surface area (Å²) in [5, 5.41) is 8.89. The third kappa shape index (κ3) is 3.37. The van der Waals surface area contributed by atoms with E-state index in [2.05, 4.69) is 52.9 Å². The molecule has 0 fully saturated rings. The van der Waals surface area contributed by atoms with Crippen LogP contribution in [0.15, 0.2) is 22.7 Å². The fourth-order valence-electron chi connectivity index (χ4n) is 2.91. The monoisotopic (exact) mass is 325 g/mol. The summed E-state index contributed by atoms with van der Waals surface area (Å²) in [6.07, 6.45) is 2.37. The maximum atomic E-state index is 10.8. The lowest BCUT2D eigenvalue weighted by molar-refractivity contribution is -0.137. The Bertz CT molecular complexity index is 473. The van der Waals surface area contributed by atoms with Crippen LogP contribution in [-0.2, 0) is 11.2 Å². The lowest BCUT2D eigenvalue weighted by Gasteiger charge is -2.32. The molecule has 0 bridgehead atoms. The third-order valence-electron chi connectivity index (χ3n) is 3.80. The zero-order chi connectivity index (χ0) is 14.0. The molecule has 104 valence electrons. The van der Waals surface area contributed by atoms with Crippen LogP contribution in [0.1, 0.15) is 43.9 Å². The minimum atomic E-state index is -0.723. The van der Waals surface area contributed by atoms with E-state index in [0.717, 1.165) is 17.3 Å². The van der Waals surface area contributed by atoms with E-state index in [1.807, 2.05) is 0 Å². The lowest BCUT2D eigenvalue weighted by Crippen LogP contribution is -2.35. The Morgan fingerprint density at radius 3 is 2.89 bits per heavy atom. The van der Waals surface area contributed by atoms with Crippen molar-refractivity contribution in [2.75, 3.05) is 6.54 Å².